The lowest BCUT2D eigenvalue weighted by molar-refractivity contribution is -0.139. The van der Waals surface area contributed by atoms with E-state index in [0.717, 1.165) is 5.56 Å². The van der Waals surface area contributed by atoms with Crippen LogP contribution in [0.15, 0.2) is 30.5 Å². The Morgan fingerprint density at radius 2 is 1.54 bits per heavy atom. The number of carbonyl (C=O) groups is 5. The number of unbranched alkanes of at least 4 members (excludes halogenated alkanes) is 1. The van der Waals surface area contributed by atoms with Crippen LogP contribution in [0.1, 0.15) is 38.5 Å². The van der Waals surface area contributed by atoms with Crippen LogP contribution < -0.4 is 26.6 Å². The summed E-state index contributed by atoms with van der Waals surface area (Å²) >= 11 is 0. The third-order valence-electron chi connectivity index (χ3n) is 6.58. The van der Waals surface area contributed by atoms with Gasteiger partial charge in [-0.25, -0.2) is 19.1 Å². The Kier molecular flexibility index (Phi) is 19.3. The largest absolute Gasteiger partial charge is 0.481 e. The molecule has 1 aromatic heterocycles. The number of carbonyl (C=O) groups excluding carboxylic acids is 3. The van der Waals surface area contributed by atoms with E-state index in [1.807, 2.05) is 6.07 Å². The van der Waals surface area contributed by atoms with Gasteiger partial charge in [0.2, 0.25) is 5.91 Å². The maximum atomic E-state index is 12.4. The molecule has 0 aliphatic rings. The fourth-order valence-electron chi connectivity index (χ4n) is 4.04. The third-order valence-corrected chi connectivity index (χ3v) is 6.58. The first-order valence-electron chi connectivity index (χ1n) is 15.7. The van der Waals surface area contributed by atoms with Crippen molar-refractivity contribution in [1.29, 1.82) is 0 Å². The molecule has 7 N–H and O–H groups in total. The first kappa shape index (κ1) is 39.4. The van der Waals surface area contributed by atoms with Crippen LogP contribution in [0.2, 0.25) is 0 Å². The summed E-state index contributed by atoms with van der Waals surface area (Å²) in [6.45, 7) is 3.29. The van der Waals surface area contributed by atoms with Crippen molar-refractivity contribution in [3.63, 3.8) is 0 Å². The summed E-state index contributed by atoms with van der Waals surface area (Å²) < 4.78 is 18.0. The number of carboxylic acid groups (broad SMARTS) is 2. The molecule has 0 aliphatic heterocycles. The molecule has 1 heterocycles. The molecule has 266 valence electrons. The summed E-state index contributed by atoms with van der Waals surface area (Å²) in [6, 6.07) is 4.89. The zero-order valence-electron chi connectivity index (χ0n) is 27.1. The number of aliphatic carboxylic acids is 2. The average Bonchev–Trinajstić information content (AvgIpc) is 3.53. The lowest BCUT2D eigenvalue weighted by Gasteiger charge is -2.15. The average molecular weight is 679 g/mol. The number of amides is 5. The molecule has 18 heteroatoms. The van der Waals surface area contributed by atoms with Gasteiger partial charge in [-0.15, -0.1) is 5.10 Å². The highest BCUT2D eigenvalue weighted by atomic mass is 16.5. The number of carboxylic acids is 2. The molecule has 1 atom stereocenters. The molecular weight excluding hydrogens is 632 g/mol. The molecule has 0 saturated carbocycles. The summed E-state index contributed by atoms with van der Waals surface area (Å²) in [5, 5.41) is 39.1. The minimum atomic E-state index is -1.19. The lowest BCUT2D eigenvalue weighted by Crippen LogP contribution is -2.46. The van der Waals surface area contributed by atoms with Crippen molar-refractivity contribution < 1.29 is 48.4 Å². The fourth-order valence-corrected chi connectivity index (χ4v) is 4.04. The molecule has 18 nitrogen and oxygen atoms in total. The predicted octanol–water partition coefficient (Wildman–Crippen LogP) is 1.04. The number of urea groups is 2. The van der Waals surface area contributed by atoms with Crippen LogP contribution in [-0.4, -0.2) is 121 Å². The van der Waals surface area contributed by atoms with Crippen molar-refractivity contribution in [1.82, 2.24) is 36.3 Å². The van der Waals surface area contributed by atoms with Gasteiger partial charge in [-0.3, -0.25) is 9.59 Å². The molecule has 0 aliphatic carbocycles. The molecule has 2 aromatic rings. The lowest BCUT2D eigenvalue weighted by atomic mass is 10.1. The summed E-state index contributed by atoms with van der Waals surface area (Å²) in [5.41, 5.74) is 1.92. The molecule has 5 amide bonds. The number of nitrogens with zero attached hydrogens (tertiary/aromatic N) is 3. The van der Waals surface area contributed by atoms with Crippen LogP contribution in [0.25, 0.3) is 11.3 Å². The first-order valence-corrected chi connectivity index (χ1v) is 15.7. The topological polar surface area (TPSA) is 244 Å². The van der Waals surface area contributed by atoms with Crippen LogP contribution in [0.5, 0.6) is 0 Å². The van der Waals surface area contributed by atoms with Crippen molar-refractivity contribution >= 4 is 35.6 Å². The maximum Gasteiger partial charge on any atom is 0.326 e. The number of benzene rings is 1. The van der Waals surface area contributed by atoms with Gasteiger partial charge in [-0.05, 0) is 37.8 Å². The van der Waals surface area contributed by atoms with Crippen LogP contribution in [0.4, 0.5) is 15.3 Å². The highest BCUT2D eigenvalue weighted by Crippen LogP contribution is 2.20. The van der Waals surface area contributed by atoms with E-state index in [9.17, 15) is 29.1 Å². The van der Waals surface area contributed by atoms with Gasteiger partial charge in [0.15, 0.2) is 0 Å². The van der Waals surface area contributed by atoms with Crippen molar-refractivity contribution in [2.24, 2.45) is 0 Å². The van der Waals surface area contributed by atoms with Gasteiger partial charge in [0.25, 0.3) is 0 Å². The molecule has 0 spiro atoms. The number of rotatable bonds is 25. The van der Waals surface area contributed by atoms with Crippen molar-refractivity contribution in [3.8, 4) is 11.3 Å². The fraction of sp³-hybridized carbons (Fsp3) is 0.567. The van der Waals surface area contributed by atoms with Gasteiger partial charge in [0, 0.05) is 44.2 Å². The molecule has 1 unspecified atom stereocenters. The Morgan fingerprint density at radius 1 is 0.854 bits per heavy atom. The van der Waals surface area contributed by atoms with E-state index in [4.69, 9.17) is 19.3 Å². The molecule has 0 radical (unpaired) electrons. The van der Waals surface area contributed by atoms with Crippen molar-refractivity contribution in [2.75, 3.05) is 65.1 Å². The minimum Gasteiger partial charge on any atom is -0.481 e. The Labute approximate surface area is 278 Å². The van der Waals surface area contributed by atoms with Crippen LogP contribution >= 0.6 is 0 Å². The van der Waals surface area contributed by atoms with E-state index in [1.165, 1.54) is 0 Å². The zero-order valence-corrected chi connectivity index (χ0v) is 27.1. The number of anilines is 1. The molecular formula is C30H46N8O10. The van der Waals surface area contributed by atoms with Gasteiger partial charge in [0.1, 0.15) is 11.7 Å². The third kappa shape index (κ3) is 17.8. The highest BCUT2D eigenvalue weighted by Gasteiger charge is 2.19. The van der Waals surface area contributed by atoms with E-state index < -0.39 is 30.0 Å². The maximum absolute atomic E-state index is 12.4. The Hall–Kier alpha value is -4.81. The number of hydrogen-bond acceptors (Lipinski definition) is 10. The molecule has 0 saturated heterocycles. The first-order chi connectivity index (χ1) is 23.2. The molecule has 1 aromatic carbocycles. The van der Waals surface area contributed by atoms with Crippen LogP contribution in [-0.2, 0) is 35.1 Å². The normalized spacial score (nSPS) is 11.4. The summed E-state index contributed by atoms with van der Waals surface area (Å²) in [4.78, 5) is 57.4. The quantitative estimate of drug-likeness (QED) is 0.0729. The highest BCUT2D eigenvalue weighted by molar-refractivity contribution is 5.90. The second kappa shape index (κ2) is 23.5. The minimum absolute atomic E-state index is 0.0676. The van der Waals surface area contributed by atoms with Gasteiger partial charge in [-0.1, -0.05) is 17.3 Å². The van der Waals surface area contributed by atoms with Gasteiger partial charge in [-0.2, -0.15) is 0 Å². The summed E-state index contributed by atoms with van der Waals surface area (Å²) in [5.74, 6) is -2.24. The summed E-state index contributed by atoms with van der Waals surface area (Å²) in [6.07, 6.45) is 3.29. The number of ether oxygens (including phenoxy) is 3. The van der Waals surface area contributed by atoms with Crippen molar-refractivity contribution in [3.05, 3.63) is 30.5 Å². The number of nitrogens with one attached hydrogen (secondary N) is 5. The van der Waals surface area contributed by atoms with Gasteiger partial charge >= 0.3 is 24.0 Å². The number of hydrogen-bond donors (Lipinski definition) is 7. The number of aromatic nitrogens is 3. The Balaban J connectivity index is 1.61. The molecule has 0 bridgehead atoms. The molecule has 0 fully saturated rings. The van der Waals surface area contributed by atoms with Gasteiger partial charge in [0.05, 0.1) is 52.4 Å². The van der Waals surface area contributed by atoms with Crippen LogP contribution in [0.3, 0.4) is 0 Å². The van der Waals surface area contributed by atoms with E-state index in [0.29, 0.717) is 76.8 Å². The Bertz CT molecular complexity index is 1290. The van der Waals surface area contributed by atoms with E-state index in [2.05, 4.69) is 36.9 Å². The smallest absolute Gasteiger partial charge is 0.326 e. The monoisotopic (exact) mass is 678 g/mol. The van der Waals surface area contributed by atoms with Crippen LogP contribution in [0, 0.1) is 0 Å². The summed E-state index contributed by atoms with van der Waals surface area (Å²) in [7, 11) is 1.58. The SMILES string of the molecule is CNC(=O)CCOCCOCCOCCn1cc(-c2cccc(NC(=O)NCCCCC(NC(=O)NCCCC(=O)O)C(=O)O)c2)nn1. The van der Waals surface area contributed by atoms with E-state index in [1.54, 1.807) is 36.1 Å². The molecule has 2 rings (SSSR count). The standard InChI is InChI=1S/C30H46N8O10/c1-31-26(39)10-14-46-16-18-48-19-17-47-15-13-38-21-25(36-37-38)22-6-4-7-23(20-22)34-29(44)32-11-3-2-8-24(28(42)43)35-30(45)33-12-5-9-27(40)41/h4,6-7,20-21,24H,2-3,5,8-19H2,1H3,(H,31,39)(H,40,41)(H,42,43)(H2,32,34,44)(H2,33,35,45). The van der Waals surface area contributed by atoms with Crippen molar-refractivity contribution in [2.45, 2.75) is 51.1 Å². The second-order valence-corrected chi connectivity index (χ2v) is 10.4. The molecule has 48 heavy (non-hydrogen) atoms. The zero-order chi connectivity index (χ0) is 35.0. The second-order valence-electron chi connectivity index (χ2n) is 10.4. The Morgan fingerprint density at radius 3 is 2.25 bits per heavy atom. The van der Waals surface area contributed by atoms with E-state index in [-0.39, 0.29) is 38.3 Å². The predicted molar refractivity (Wildman–Crippen MR) is 172 cm³/mol. The van der Waals surface area contributed by atoms with Gasteiger partial charge < -0.3 is 51.0 Å². The van der Waals surface area contributed by atoms with E-state index >= 15 is 0 Å².